The van der Waals surface area contributed by atoms with Crippen molar-refractivity contribution in [3.8, 4) is 0 Å². The van der Waals surface area contributed by atoms with Gasteiger partial charge in [0.25, 0.3) is 5.91 Å². The maximum Gasteiger partial charge on any atom is 0.253 e. The van der Waals surface area contributed by atoms with Crippen molar-refractivity contribution in [2.75, 3.05) is 5.73 Å². The molecule has 0 saturated heterocycles. The lowest BCUT2D eigenvalue weighted by Gasteiger charge is -2.07. The number of fused-ring (bicyclic) bond motifs is 4. The Morgan fingerprint density at radius 2 is 1.83 bits per heavy atom. The molecule has 0 atom stereocenters. The van der Waals surface area contributed by atoms with Gasteiger partial charge >= 0.3 is 0 Å². The molecule has 0 fully saturated rings. The number of nitrogen functional groups attached to an aromatic ring is 1. The van der Waals surface area contributed by atoms with Crippen molar-refractivity contribution in [3.63, 3.8) is 0 Å². The number of nitrogens with one attached hydrogen (secondary N) is 1. The number of carbonyl (C=O) groups excluding carboxylic acids is 1. The second-order valence-electron chi connectivity index (χ2n) is 7.49. The molecule has 1 amide bonds. The Bertz CT molecular complexity index is 1420. The zero-order valence-corrected chi connectivity index (χ0v) is 16.7. The molecule has 5 heteroatoms. The molecule has 0 aliphatic carbocycles. The van der Waals surface area contributed by atoms with Crippen LogP contribution >= 0.6 is 0 Å². The van der Waals surface area contributed by atoms with Crippen molar-refractivity contribution < 1.29 is 4.79 Å². The van der Waals surface area contributed by atoms with Crippen LogP contribution in [0.4, 0.5) is 5.82 Å². The normalized spacial score (nSPS) is 11.4. The molecule has 5 rings (SSSR count). The summed E-state index contributed by atoms with van der Waals surface area (Å²) in [5, 5.41) is 8.43. The van der Waals surface area contributed by atoms with Crippen LogP contribution in [0.1, 0.15) is 22.8 Å². The molecular weight excluding hydrogens is 372 g/mol. The van der Waals surface area contributed by atoms with Gasteiger partial charge in [0.1, 0.15) is 5.82 Å². The number of anilines is 1. The summed E-state index contributed by atoms with van der Waals surface area (Å²) in [6.07, 6.45) is 3.72. The quantitative estimate of drug-likeness (QED) is 0.456. The largest absolute Gasteiger partial charge is 0.384 e. The molecule has 0 saturated carbocycles. The number of nitrogens with zero attached hydrogens (tertiary/aromatic N) is 2. The highest BCUT2D eigenvalue weighted by Gasteiger charge is 2.16. The van der Waals surface area contributed by atoms with Gasteiger partial charge in [-0.25, -0.2) is 4.98 Å². The van der Waals surface area contributed by atoms with Crippen LogP contribution in [0, 0.1) is 0 Å². The van der Waals surface area contributed by atoms with Crippen LogP contribution in [0.15, 0.2) is 73.1 Å². The van der Waals surface area contributed by atoms with Crippen molar-refractivity contribution in [1.82, 2.24) is 14.9 Å². The second kappa shape index (κ2) is 7.19. The van der Waals surface area contributed by atoms with E-state index in [4.69, 9.17) is 5.73 Å². The summed E-state index contributed by atoms with van der Waals surface area (Å²) in [7, 11) is 0. The molecule has 5 nitrogen and oxygen atoms in total. The Kier molecular flexibility index (Phi) is 4.36. The highest BCUT2D eigenvalue weighted by Crippen LogP contribution is 2.29. The van der Waals surface area contributed by atoms with E-state index in [0.29, 0.717) is 17.9 Å². The minimum absolute atomic E-state index is 0.0724. The second-order valence-corrected chi connectivity index (χ2v) is 7.49. The molecule has 0 unspecified atom stereocenters. The lowest BCUT2D eigenvalue weighted by Crippen LogP contribution is -2.22. The van der Waals surface area contributed by atoms with Gasteiger partial charge in [-0.1, -0.05) is 48.5 Å². The van der Waals surface area contributed by atoms with Gasteiger partial charge in [-0.05, 0) is 35.4 Å². The number of amides is 1. The summed E-state index contributed by atoms with van der Waals surface area (Å²) in [6, 6.07) is 20.3. The summed E-state index contributed by atoms with van der Waals surface area (Å²) in [4.78, 5) is 17.2. The summed E-state index contributed by atoms with van der Waals surface area (Å²) >= 11 is 0. The van der Waals surface area contributed by atoms with Crippen LogP contribution in [0.25, 0.3) is 32.4 Å². The van der Waals surface area contributed by atoms with Crippen molar-refractivity contribution in [3.05, 3.63) is 84.2 Å². The van der Waals surface area contributed by atoms with Crippen LogP contribution in [-0.2, 0) is 13.1 Å². The predicted octanol–water partition coefficient (Wildman–Crippen LogP) is 4.87. The number of benzene rings is 3. The fourth-order valence-corrected chi connectivity index (χ4v) is 4.10. The van der Waals surface area contributed by atoms with E-state index in [-0.39, 0.29) is 5.91 Å². The number of nitrogens with two attached hydrogens (primary N) is 1. The van der Waals surface area contributed by atoms with E-state index in [0.717, 1.165) is 39.2 Å². The third-order valence-electron chi connectivity index (χ3n) is 5.61. The van der Waals surface area contributed by atoms with Gasteiger partial charge in [0.2, 0.25) is 0 Å². The minimum Gasteiger partial charge on any atom is -0.384 e. The average Bonchev–Trinajstić information content (AvgIpc) is 3.16. The molecule has 0 bridgehead atoms. The molecule has 0 radical (unpaired) electrons. The lowest BCUT2D eigenvalue weighted by atomic mass is 10.1. The number of carbonyl (C=O) groups is 1. The molecule has 0 aliphatic heterocycles. The maximum atomic E-state index is 13.1. The molecule has 3 aromatic carbocycles. The predicted molar refractivity (Wildman–Crippen MR) is 122 cm³/mol. The van der Waals surface area contributed by atoms with Gasteiger partial charge in [0, 0.05) is 41.6 Å². The monoisotopic (exact) mass is 394 g/mol. The summed E-state index contributed by atoms with van der Waals surface area (Å²) in [5.41, 5.74) is 8.62. The van der Waals surface area contributed by atoms with Gasteiger partial charge < -0.3 is 15.6 Å². The van der Waals surface area contributed by atoms with Crippen molar-refractivity contribution in [1.29, 1.82) is 0 Å². The molecule has 148 valence electrons. The first-order valence-electron chi connectivity index (χ1n) is 10.1. The van der Waals surface area contributed by atoms with Crippen molar-refractivity contribution in [2.24, 2.45) is 0 Å². The maximum absolute atomic E-state index is 13.1. The van der Waals surface area contributed by atoms with Gasteiger partial charge in [-0.3, -0.25) is 4.79 Å². The fraction of sp³-hybridized carbons (Fsp3) is 0.120. The van der Waals surface area contributed by atoms with Crippen LogP contribution in [0.5, 0.6) is 0 Å². The number of rotatable bonds is 4. The first-order chi connectivity index (χ1) is 14.6. The third kappa shape index (κ3) is 3.05. The highest BCUT2D eigenvalue weighted by molar-refractivity contribution is 6.14. The molecule has 30 heavy (non-hydrogen) atoms. The minimum atomic E-state index is -0.0724. The number of pyridine rings is 1. The van der Waals surface area contributed by atoms with E-state index in [2.05, 4.69) is 40.0 Å². The Labute approximate surface area is 174 Å². The number of aryl methyl sites for hydroxylation is 1. The van der Waals surface area contributed by atoms with E-state index >= 15 is 0 Å². The Morgan fingerprint density at radius 3 is 2.70 bits per heavy atom. The first-order valence-corrected chi connectivity index (χ1v) is 10.1. The van der Waals surface area contributed by atoms with Crippen LogP contribution < -0.4 is 11.1 Å². The van der Waals surface area contributed by atoms with Crippen molar-refractivity contribution >= 4 is 44.2 Å². The summed E-state index contributed by atoms with van der Waals surface area (Å²) in [6.45, 7) is 3.35. The molecular formula is C25H22N4O. The van der Waals surface area contributed by atoms with Crippen LogP contribution in [-0.4, -0.2) is 15.5 Å². The molecule has 3 N–H and O–H groups in total. The van der Waals surface area contributed by atoms with E-state index < -0.39 is 0 Å². The first kappa shape index (κ1) is 18.2. The Hall–Kier alpha value is -3.86. The average molecular weight is 394 g/mol. The van der Waals surface area contributed by atoms with E-state index in [9.17, 15) is 4.79 Å². The third-order valence-corrected chi connectivity index (χ3v) is 5.61. The van der Waals surface area contributed by atoms with Crippen LogP contribution in [0.2, 0.25) is 0 Å². The van der Waals surface area contributed by atoms with Gasteiger partial charge in [0.15, 0.2) is 0 Å². The molecule has 5 aromatic rings. The zero-order chi connectivity index (χ0) is 20.7. The summed E-state index contributed by atoms with van der Waals surface area (Å²) < 4.78 is 2.15. The topological polar surface area (TPSA) is 72.9 Å². The van der Waals surface area contributed by atoms with Gasteiger partial charge in [-0.15, -0.1) is 0 Å². The Balaban J connectivity index is 1.47. The molecule has 2 aromatic heterocycles. The zero-order valence-electron chi connectivity index (χ0n) is 16.7. The SMILES string of the molecule is CCn1cc(C(=O)NCc2ccc3cnc(N)cc3c2)c2ccc3ccccc3c21. The van der Waals surface area contributed by atoms with Crippen molar-refractivity contribution in [2.45, 2.75) is 20.0 Å². The highest BCUT2D eigenvalue weighted by atomic mass is 16.1. The van der Waals surface area contributed by atoms with E-state index in [1.807, 2.05) is 48.7 Å². The fourth-order valence-electron chi connectivity index (χ4n) is 4.10. The van der Waals surface area contributed by atoms with Gasteiger partial charge in [-0.2, -0.15) is 0 Å². The number of hydrogen-bond acceptors (Lipinski definition) is 3. The lowest BCUT2D eigenvalue weighted by molar-refractivity contribution is 0.0952. The molecule has 0 aliphatic rings. The van der Waals surface area contributed by atoms with E-state index in [1.54, 1.807) is 6.20 Å². The van der Waals surface area contributed by atoms with E-state index in [1.165, 1.54) is 5.39 Å². The molecule has 0 spiro atoms. The standard InChI is InChI=1S/C25H22N4O/c1-2-29-15-22(21-10-9-17-5-3-4-6-20(17)24(21)29)25(30)28-13-16-7-8-18-14-27-23(26)12-19(18)11-16/h3-12,14-15H,2,13H2,1H3,(H2,26,27)(H,28,30). The Morgan fingerprint density at radius 1 is 1.00 bits per heavy atom. The van der Waals surface area contributed by atoms with Crippen LogP contribution in [0.3, 0.4) is 0 Å². The molecule has 2 heterocycles. The smallest absolute Gasteiger partial charge is 0.253 e. The number of aromatic nitrogens is 2. The number of hydrogen-bond donors (Lipinski definition) is 2. The summed E-state index contributed by atoms with van der Waals surface area (Å²) in [5.74, 6) is 0.417. The van der Waals surface area contributed by atoms with Gasteiger partial charge in [0.05, 0.1) is 11.1 Å².